The standard InChI is InChI=1S/C11H22N2O2/c1-11(2)10(14)13(7-4-6-12-11)8-5-9-15-3/h12H,4-9H2,1-3H3. The molecular formula is C11H22N2O2. The van der Waals surface area contributed by atoms with Crippen LogP contribution in [0.25, 0.3) is 0 Å². The molecule has 0 bridgehead atoms. The summed E-state index contributed by atoms with van der Waals surface area (Å²) < 4.78 is 5.00. The number of rotatable bonds is 4. The Hall–Kier alpha value is -0.610. The van der Waals surface area contributed by atoms with Crippen molar-refractivity contribution in [3.63, 3.8) is 0 Å². The molecular weight excluding hydrogens is 192 g/mol. The molecule has 1 aliphatic rings. The maximum atomic E-state index is 12.1. The van der Waals surface area contributed by atoms with Gasteiger partial charge in [-0.2, -0.15) is 0 Å². The first-order valence-corrected chi connectivity index (χ1v) is 5.61. The highest BCUT2D eigenvalue weighted by Gasteiger charge is 2.32. The van der Waals surface area contributed by atoms with E-state index in [1.54, 1.807) is 7.11 Å². The average Bonchev–Trinajstić information content (AvgIpc) is 2.31. The minimum absolute atomic E-state index is 0.205. The molecule has 1 amide bonds. The van der Waals surface area contributed by atoms with Gasteiger partial charge in [-0.25, -0.2) is 0 Å². The van der Waals surface area contributed by atoms with Gasteiger partial charge in [0.15, 0.2) is 0 Å². The van der Waals surface area contributed by atoms with Crippen molar-refractivity contribution in [2.45, 2.75) is 32.2 Å². The van der Waals surface area contributed by atoms with E-state index in [4.69, 9.17) is 4.74 Å². The summed E-state index contributed by atoms with van der Waals surface area (Å²) in [5.41, 5.74) is -0.413. The van der Waals surface area contributed by atoms with Crippen LogP contribution in [0.3, 0.4) is 0 Å². The van der Waals surface area contributed by atoms with Crippen LogP contribution < -0.4 is 5.32 Å². The van der Waals surface area contributed by atoms with Crippen molar-refractivity contribution in [1.82, 2.24) is 10.2 Å². The summed E-state index contributed by atoms with van der Waals surface area (Å²) in [5.74, 6) is 0.205. The first-order chi connectivity index (χ1) is 7.08. The number of hydrogen-bond acceptors (Lipinski definition) is 3. The Balaban J connectivity index is 2.50. The van der Waals surface area contributed by atoms with Gasteiger partial charge < -0.3 is 15.0 Å². The van der Waals surface area contributed by atoms with Crippen LogP contribution in [0.2, 0.25) is 0 Å². The van der Waals surface area contributed by atoms with Crippen LogP contribution in [0.4, 0.5) is 0 Å². The molecule has 0 aliphatic carbocycles. The van der Waals surface area contributed by atoms with Gasteiger partial charge in [0.05, 0.1) is 5.54 Å². The predicted molar refractivity (Wildman–Crippen MR) is 59.8 cm³/mol. The molecule has 1 aliphatic heterocycles. The van der Waals surface area contributed by atoms with Gasteiger partial charge in [-0.15, -0.1) is 0 Å². The summed E-state index contributed by atoms with van der Waals surface area (Å²) in [6.07, 6.45) is 1.94. The summed E-state index contributed by atoms with van der Waals surface area (Å²) in [6.45, 7) is 7.20. The molecule has 1 saturated heterocycles. The van der Waals surface area contributed by atoms with E-state index in [9.17, 15) is 4.79 Å². The Kier molecular flexibility index (Phi) is 4.54. The molecule has 4 heteroatoms. The number of nitrogens with one attached hydrogen (secondary N) is 1. The van der Waals surface area contributed by atoms with Gasteiger partial charge in [-0.1, -0.05) is 0 Å². The molecule has 0 atom stereocenters. The van der Waals surface area contributed by atoms with E-state index >= 15 is 0 Å². The second-order valence-electron chi connectivity index (χ2n) is 4.54. The molecule has 0 aromatic rings. The molecule has 0 radical (unpaired) electrons. The Labute approximate surface area is 92.0 Å². The van der Waals surface area contributed by atoms with E-state index in [-0.39, 0.29) is 5.91 Å². The molecule has 0 saturated carbocycles. The first-order valence-electron chi connectivity index (χ1n) is 5.61. The van der Waals surface area contributed by atoms with Crippen LogP contribution in [-0.2, 0) is 9.53 Å². The van der Waals surface area contributed by atoms with E-state index in [1.165, 1.54) is 0 Å². The minimum Gasteiger partial charge on any atom is -0.385 e. The number of methoxy groups -OCH3 is 1. The molecule has 0 aromatic heterocycles. The summed E-state index contributed by atoms with van der Waals surface area (Å²) in [6, 6.07) is 0. The number of carbonyl (C=O) groups excluding carboxylic acids is 1. The molecule has 0 aromatic carbocycles. The third-order valence-electron chi connectivity index (χ3n) is 2.77. The largest absolute Gasteiger partial charge is 0.385 e. The SMILES string of the molecule is COCCCN1CCCNC(C)(C)C1=O. The third-order valence-corrected chi connectivity index (χ3v) is 2.77. The Morgan fingerprint density at radius 1 is 1.53 bits per heavy atom. The fourth-order valence-electron chi connectivity index (χ4n) is 1.86. The number of nitrogens with zero attached hydrogens (tertiary/aromatic N) is 1. The zero-order valence-corrected chi connectivity index (χ0v) is 10.0. The molecule has 88 valence electrons. The van der Waals surface area contributed by atoms with Gasteiger partial charge in [-0.05, 0) is 33.2 Å². The van der Waals surface area contributed by atoms with Crippen molar-refractivity contribution in [3.8, 4) is 0 Å². The first kappa shape index (κ1) is 12.5. The quantitative estimate of drug-likeness (QED) is 0.698. The van der Waals surface area contributed by atoms with Crippen LogP contribution in [0.1, 0.15) is 26.7 Å². The summed E-state index contributed by atoms with van der Waals surface area (Å²) in [7, 11) is 1.69. The van der Waals surface area contributed by atoms with Crippen molar-refractivity contribution in [2.24, 2.45) is 0 Å². The predicted octanol–water partition coefficient (Wildman–Crippen LogP) is 0.623. The maximum Gasteiger partial charge on any atom is 0.242 e. The molecule has 1 rings (SSSR count). The van der Waals surface area contributed by atoms with Crippen molar-refractivity contribution < 1.29 is 9.53 Å². The molecule has 15 heavy (non-hydrogen) atoms. The van der Waals surface area contributed by atoms with E-state index in [0.717, 1.165) is 39.1 Å². The van der Waals surface area contributed by atoms with E-state index in [0.29, 0.717) is 0 Å². The van der Waals surface area contributed by atoms with Crippen LogP contribution in [-0.4, -0.2) is 49.7 Å². The lowest BCUT2D eigenvalue weighted by Gasteiger charge is -2.29. The van der Waals surface area contributed by atoms with Crippen LogP contribution in [0.5, 0.6) is 0 Å². The zero-order valence-electron chi connectivity index (χ0n) is 10.0. The summed E-state index contributed by atoms with van der Waals surface area (Å²) in [4.78, 5) is 14.0. The summed E-state index contributed by atoms with van der Waals surface area (Å²) in [5, 5.41) is 3.27. The van der Waals surface area contributed by atoms with E-state index < -0.39 is 5.54 Å². The fourth-order valence-corrected chi connectivity index (χ4v) is 1.86. The van der Waals surface area contributed by atoms with Gasteiger partial charge in [0.2, 0.25) is 5.91 Å². The lowest BCUT2D eigenvalue weighted by Crippen LogP contribution is -2.51. The number of amides is 1. The molecule has 1 N–H and O–H groups in total. The Morgan fingerprint density at radius 2 is 2.27 bits per heavy atom. The lowest BCUT2D eigenvalue weighted by atomic mass is 10.0. The van der Waals surface area contributed by atoms with Crippen molar-refractivity contribution >= 4 is 5.91 Å². The summed E-state index contributed by atoms with van der Waals surface area (Å²) >= 11 is 0. The van der Waals surface area contributed by atoms with Crippen LogP contribution in [0.15, 0.2) is 0 Å². The lowest BCUT2D eigenvalue weighted by molar-refractivity contribution is -0.136. The van der Waals surface area contributed by atoms with E-state index in [2.05, 4.69) is 5.32 Å². The van der Waals surface area contributed by atoms with Gasteiger partial charge in [0.25, 0.3) is 0 Å². The fraction of sp³-hybridized carbons (Fsp3) is 0.909. The minimum atomic E-state index is -0.413. The zero-order chi connectivity index (χ0) is 11.3. The van der Waals surface area contributed by atoms with Gasteiger partial charge >= 0.3 is 0 Å². The highest BCUT2D eigenvalue weighted by Crippen LogP contribution is 2.12. The Morgan fingerprint density at radius 3 is 2.93 bits per heavy atom. The number of ether oxygens (including phenoxy) is 1. The average molecular weight is 214 g/mol. The highest BCUT2D eigenvalue weighted by atomic mass is 16.5. The number of hydrogen-bond donors (Lipinski definition) is 1. The van der Waals surface area contributed by atoms with Gasteiger partial charge in [0, 0.05) is 26.8 Å². The second kappa shape index (κ2) is 5.47. The number of carbonyl (C=O) groups is 1. The highest BCUT2D eigenvalue weighted by molar-refractivity contribution is 5.85. The van der Waals surface area contributed by atoms with E-state index in [1.807, 2.05) is 18.7 Å². The van der Waals surface area contributed by atoms with Crippen molar-refractivity contribution in [2.75, 3.05) is 33.4 Å². The molecule has 0 unspecified atom stereocenters. The van der Waals surface area contributed by atoms with Gasteiger partial charge in [0.1, 0.15) is 0 Å². The Bertz CT molecular complexity index is 217. The maximum absolute atomic E-state index is 12.1. The van der Waals surface area contributed by atoms with Crippen molar-refractivity contribution in [3.05, 3.63) is 0 Å². The smallest absolute Gasteiger partial charge is 0.242 e. The monoisotopic (exact) mass is 214 g/mol. The normalized spacial score (nSPS) is 21.5. The van der Waals surface area contributed by atoms with Crippen LogP contribution >= 0.6 is 0 Å². The second-order valence-corrected chi connectivity index (χ2v) is 4.54. The molecule has 1 fully saturated rings. The molecule has 4 nitrogen and oxygen atoms in total. The van der Waals surface area contributed by atoms with Crippen LogP contribution in [0, 0.1) is 0 Å². The van der Waals surface area contributed by atoms with Crippen molar-refractivity contribution in [1.29, 1.82) is 0 Å². The topological polar surface area (TPSA) is 41.6 Å². The molecule has 0 spiro atoms. The third kappa shape index (κ3) is 3.47. The van der Waals surface area contributed by atoms with Gasteiger partial charge in [-0.3, -0.25) is 4.79 Å². The molecule has 1 heterocycles.